The molecular weight excluding hydrogens is 677 g/mol. The molecule has 2 aromatic heterocycles. The molecule has 56 heavy (non-hydrogen) atoms. The zero-order valence-corrected chi connectivity index (χ0v) is 30.9. The molecule has 2 heteroatoms. The minimum atomic E-state index is 0.268. The summed E-state index contributed by atoms with van der Waals surface area (Å²) < 4.78 is 4.90. The van der Waals surface area contributed by atoms with Crippen LogP contribution in [0.5, 0.6) is 0 Å². The molecule has 1 unspecified atom stereocenters. The van der Waals surface area contributed by atoms with Crippen molar-refractivity contribution in [3.05, 3.63) is 216 Å². The second-order valence-electron chi connectivity index (χ2n) is 14.9. The third kappa shape index (κ3) is 5.33. The number of aromatic nitrogens is 2. The first kappa shape index (κ1) is 32.3. The van der Waals surface area contributed by atoms with Crippen molar-refractivity contribution in [3.8, 4) is 44.8 Å². The molecular formula is C54H38N2. The number of benzene rings is 8. The first-order valence-electron chi connectivity index (χ1n) is 19.5. The van der Waals surface area contributed by atoms with Crippen molar-refractivity contribution in [2.75, 3.05) is 0 Å². The van der Waals surface area contributed by atoms with Crippen LogP contribution in [-0.4, -0.2) is 9.13 Å². The second-order valence-corrected chi connectivity index (χ2v) is 14.9. The molecule has 0 radical (unpaired) electrons. The molecule has 11 rings (SSSR count). The summed E-state index contributed by atoms with van der Waals surface area (Å²) in [6, 6.07) is 72.9. The fraction of sp³-hybridized carbons (Fsp3) is 0.0370. The molecule has 1 aliphatic rings. The minimum absolute atomic E-state index is 0.268. The Kier molecular flexibility index (Phi) is 7.67. The molecule has 0 spiro atoms. The van der Waals surface area contributed by atoms with Crippen LogP contribution >= 0.6 is 0 Å². The van der Waals surface area contributed by atoms with Crippen molar-refractivity contribution >= 4 is 44.9 Å². The van der Waals surface area contributed by atoms with E-state index in [1.165, 1.54) is 93.6 Å². The molecule has 2 nitrogen and oxygen atoms in total. The van der Waals surface area contributed by atoms with E-state index in [0.29, 0.717) is 0 Å². The molecule has 0 saturated carbocycles. The first-order chi connectivity index (χ1) is 27.8. The van der Waals surface area contributed by atoms with Gasteiger partial charge in [-0.15, -0.1) is 0 Å². The molecule has 0 fully saturated rings. The highest BCUT2D eigenvalue weighted by Gasteiger charge is 2.20. The summed E-state index contributed by atoms with van der Waals surface area (Å²) in [6.07, 6.45) is 5.91. The van der Waals surface area contributed by atoms with E-state index in [4.69, 9.17) is 0 Å². The standard InChI is InChI=1S/C54H38N2/c1-3-13-37(14-4-1)39-23-25-41(26-24-39)45-17-7-10-20-50(45)56-52-22-12-9-19-47(52)49-36-43(30-34-54(49)56)42-29-33-53-48(35-42)46-18-8-11-21-51(46)55(53)44-31-27-40(28-32-44)38-15-5-2-6-16-38/h1-28,30-36,42H,29H2. The number of nitrogens with zero attached hydrogens (tertiary/aromatic N) is 2. The van der Waals surface area contributed by atoms with Gasteiger partial charge in [-0.1, -0.05) is 170 Å². The number of hydrogen-bond acceptors (Lipinski definition) is 0. The number of rotatable bonds is 6. The van der Waals surface area contributed by atoms with Gasteiger partial charge in [0.2, 0.25) is 0 Å². The molecule has 1 atom stereocenters. The van der Waals surface area contributed by atoms with Crippen LogP contribution in [0.4, 0.5) is 0 Å². The van der Waals surface area contributed by atoms with Crippen LogP contribution in [0.2, 0.25) is 0 Å². The van der Waals surface area contributed by atoms with Gasteiger partial charge in [0.25, 0.3) is 0 Å². The Labute approximate surface area is 326 Å². The zero-order chi connectivity index (χ0) is 37.0. The molecule has 2 heterocycles. The Morgan fingerprint density at radius 2 is 0.929 bits per heavy atom. The molecule has 264 valence electrons. The molecule has 0 aliphatic heterocycles. The van der Waals surface area contributed by atoms with E-state index in [2.05, 4.69) is 221 Å². The smallest absolute Gasteiger partial charge is 0.0541 e. The monoisotopic (exact) mass is 714 g/mol. The fourth-order valence-electron chi connectivity index (χ4n) is 8.98. The highest BCUT2D eigenvalue weighted by Crippen LogP contribution is 2.38. The van der Waals surface area contributed by atoms with Gasteiger partial charge in [-0.05, 0) is 82.3 Å². The molecule has 1 aliphatic carbocycles. The van der Waals surface area contributed by atoms with E-state index >= 15 is 0 Å². The van der Waals surface area contributed by atoms with Gasteiger partial charge < -0.3 is 9.13 Å². The van der Waals surface area contributed by atoms with Crippen molar-refractivity contribution in [1.82, 2.24) is 9.13 Å². The van der Waals surface area contributed by atoms with E-state index in [0.717, 1.165) is 6.42 Å². The van der Waals surface area contributed by atoms with Crippen molar-refractivity contribution < 1.29 is 0 Å². The predicted octanol–water partition coefficient (Wildman–Crippen LogP) is 12.5. The third-order valence-electron chi connectivity index (χ3n) is 11.7. The van der Waals surface area contributed by atoms with Gasteiger partial charge in [0.1, 0.15) is 0 Å². The summed E-state index contributed by atoms with van der Waals surface area (Å²) in [5.74, 6) is 0.268. The summed E-state index contributed by atoms with van der Waals surface area (Å²) in [7, 11) is 0. The second kappa shape index (κ2) is 13.3. The SMILES string of the molecule is C1=c2c(n(-c3ccc(-c4ccccc4)cc3)c3ccccc23)=CCC1c1ccc2c(c1)c1ccccc1n2-c1ccccc1-c1ccc(-c2ccccc2)cc1. The fourth-order valence-corrected chi connectivity index (χ4v) is 8.98. The zero-order valence-electron chi connectivity index (χ0n) is 30.9. The molecule has 10 aromatic rings. The molecule has 0 bridgehead atoms. The summed E-state index contributed by atoms with van der Waals surface area (Å²) in [6.45, 7) is 0. The summed E-state index contributed by atoms with van der Waals surface area (Å²) in [4.78, 5) is 0. The van der Waals surface area contributed by atoms with Crippen molar-refractivity contribution in [2.45, 2.75) is 12.3 Å². The minimum Gasteiger partial charge on any atom is -0.310 e. The maximum atomic E-state index is 2.52. The molecule has 0 N–H and O–H groups in total. The van der Waals surface area contributed by atoms with Gasteiger partial charge in [-0.3, -0.25) is 0 Å². The quantitative estimate of drug-likeness (QED) is 0.162. The van der Waals surface area contributed by atoms with Gasteiger partial charge >= 0.3 is 0 Å². The normalized spacial score (nSPS) is 13.8. The molecule has 8 aromatic carbocycles. The van der Waals surface area contributed by atoms with Crippen LogP contribution in [0.3, 0.4) is 0 Å². The van der Waals surface area contributed by atoms with E-state index in [-0.39, 0.29) is 5.92 Å². The number of fused-ring (bicyclic) bond motifs is 6. The lowest BCUT2D eigenvalue weighted by Crippen LogP contribution is -2.31. The van der Waals surface area contributed by atoms with E-state index in [1.807, 2.05) is 0 Å². The van der Waals surface area contributed by atoms with Crippen molar-refractivity contribution in [2.24, 2.45) is 0 Å². The van der Waals surface area contributed by atoms with Crippen LogP contribution in [0.1, 0.15) is 17.9 Å². The maximum Gasteiger partial charge on any atom is 0.0541 e. The van der Waals surface area contributed by atoms with E-state index in [9.17, 15) is 0 Å². The topological polar surface area (TPSA) is 9.86 Å². The van der Waals surface area contributed by atoms with Gasteiger partial charge in [-0.2, -0.15) is 0 Å². The third-order valence-corrected chi connectivity index (χ3v) is 11.7. The lowest BCUT2D eigenvalue weighted by molar-refractivity contribution is 0.909. The first-order valence-corrected chi connectivity index (χ1v) is 19.5. The number of hydrogen-bond donors (Lipinski definition) is 0. The average molecular weight is 715 g/mol. The average Bonchev–Trinajstić information content (AvgIpc) is 3.79. The molecule has 0 amide bonds. The Bertz CT molecular complexity index is 3180. The van der Waals surface area contributed by atoms with Crippen molar-refractivity contribution in [1.29, 1.82) is 0 Å². The van der Waals surface area contributed by atoms with Gasteiger partial charge in [0.15, 0.2) is 0 Å². The lowest BCUT2D eigenvalue weighted by Gasteiger charge is -2.16. The van der Waals surface area contributed by atoms with Crippen LogP contribution < -0.4 is 10.6 Å². The summed E-state index contributed by atoms with van der Waals surface area (Å²) in [5.41, 5.74) is 14.7. The van der Waals surface area contributed by atoms with E-state index in [1.54, 1.807) is 0 Å². The van der Waals surface area contributed by atoms with Gasteiger partial charge in [0.05, 0.1) is 22.2 Å². The largest absolute Gasteiger partial charge is 0.310 e. The van der Waals surface area contributed by atoms with Crippen LogP contribution in [0.15, 0.2) is 200 Å². The maximum absolute atomic E-state index is 2.52. The molecule has 0 saturated heterocycles. The van der Waals surface area contributed by atoms with Crippen LogP contribution in [0, 0.1) is 0 Å². The Hall–Kier alpha value is -7.16. The Balaban J connectivity index is 1.00. The summed E-state index contributed by atoms with van der Waals surface area (Å²) >= 11 is 0. The van der Waals surface area contributed by atoms with Crippen LogP contribution in [-0.2, 0) is 0 Å². The van der Waals surface area contributed by atoms with Crippen LogP contribution in [0.25, 0.3) is 89.6 Å². The van der Waals surface area contributed by atoms with E-state index < -0.39 is 0 Å². The summed E-state index contributed by atoms with van der Waals surface area (Å²) in [5, 5.41) is 6.45. The Morgan fingerprint density at radius 3 is 1.64 bits per heavy atom. The highest BCUT2D eigenvalue weighted by molar-refractivity contribution is 6.10. The highest BCUT2D eigenvalue weighted by atomic mass is 15.0. The van der Waals surface area contributed by atoms with Gasteiger partial charge in [-0.25, -0.2) is 0 Å². The van der Waals surface area contributed by atoms with Gasteiger partial charge in [0, 0.05) is 43.9 Å². The lowest BCUT2D eigenvalue weighted by atomic mass is 9.90. The number of para-hydroxylation sites is 3. The Morgan fingerprint density at radius 1 is 0.393 bits per heavy atom. The predicted molar refractivity (Wildman–Crippen MR) is 236 cm³/mol. The van der Waals surface area contributed by atoms with Crippen molar-refractivity contribution in [3.63, 3.8) is 0 Å².